The van der Waals surface area contributed by atoms with Gasteiger partial charge in [0.25, 0.3) is 0 Å². The third kappa shape index (κ3) is 2.74. The quantitative estimate of drug-likeness (QED) is 0.825. The van der Waals surface area contributed by atoms with Crippen LogP contribution in [0, 0.1) is 6.92 Å². The topological polar surface area (TPSA) is 32.6 Å². The van der Waals surface area contributed by atoms with Gasteiger partial charge in [0.15, 0.2) is 0 Å². The summed E-state index contributed by atoms with van der Waals surface area (Å²) in [6.07, 6.45) is 1.67. The van der Waals surface area contributed by atoms with E-state index in [0.717, 1.165) is 21.3 Å². The number of aliphatic imine (C=N–C) groups is 1. The Hall–Kier alpha value is -1.61. The van der Waals surface area contributed by atoms with E-state index in [1.54, 1.807) is 6.21 Å². The SMILES string of the molecule is Cc1cccc(C=Nc2ccccc2Br)c1O. The number of aryl methyl sites for hydroxylation is 1. The summed E-state index contributed by atoms with van der Waals surface area (Å²) in [5, 5.41) is 9.84. The highest BCUT2D eigenvalue weighted by molar-refractivity contribution is 9.10. The summed E-state index contributed by atoms with van der Waals surface area (Å²) < 4.78 is 0.934. The lowest BCUT2D eigenvalue weighted by atomic mass is 10.1. The van der Waals surface area contributed by atoms with Gasteiger partial charge >= 0.3 is 0 Å². The minimum Gasteiger partial charge on any atom is -0.507 e. The van der Waals surface area contributed by atoms with Crippen molar-refractivity contribution in [2.75, 3.05) is 0 Å². The number of para-hydroxylation sites is 2. The molecule has 0 amide bonds. The molecule has 0 aliphatic rings. The van der Waals surface area contributed by atoms with Crippen LogP contribution < -0.4 is 0 Å². The van der Waals surface area contributed by atoms with Crippen LogP contribution >= 0.6 is 15.9 Å². The van der Waals surface area contributed by atoms with E-state index in [4.69, 9.17) is 0 Å². The Bertz CT molecular complexity index is 564. The van der Waals surface area contributed by atoms with E-state index in [0.29, 0.717) is 0 Å². The smallest absolute Gasteiger partial charge is 0.127 e. The molecule has 2 nitrogen and oxygen atoms in total. The molecule has 17 heavy (non-hydrogen) atoms. The zero-order valence-electron chi connectivity index (χ0n) is 9.39. The molecule has 86 valence electrons. The molecule has 0 saturated heterocycles. The lowest BCUT2D eigenvalue weighted by Gasteiger charge is -2.02. The third-order valence-electron chi connectivity index (χ3n) is 2.46. The second-order valence-electron chi connectivity index (χ2n) is 3.72. The van der Waals surface area contributed by atoms with Gasteiger partial charge in [-0.3, -0.25) is 4.99 Å². The monoisotopic (exact) mass is 289 g/mol. The number of hydrogen-bond donors (Lipinski definition) is 1. The molecular formula is C14H12BrNO. The van der Waals surface area contributed by atoms with Crippen LogP contribution in [0.4, 0.5) is 5.69 Å². The van der Waals surface area contributed by atoms with Crippen molar-refractivity contribution < 1.29 is 5.11 Å². The van der Waals surface area contributed by atoms with E-state index in [9.17, 15) is 5.11 Å². The summed E-state index contributed by atoms with van der Waals surface area (Å²) in [5.41, 5.74) is 2.41. The summed E-state index contributed by atoms with van der Waals surface area (Å²) >= 11 is 3.43. The Morgan fingerprint density at radius 1 is 1.12 bits per heavy atom. The molecule has 0 spiro atoms. The maximum Gasteiger partial charge on any atom is 0.127 e. The first-order valence-electron chi connectivity index (χ1n) is 5.25. The molecule has 0 aliphatic carbocycles. The van der Waals surface area contributed by atoms with Crippen LogP contribution in [0.15, 0.2) is 51.9 Å². The molecule has 2 aromatic carbocycles. The van der Waals surface area contributed by atoms with Gasteiger partial charge in [-0.15, -0.1) is 0 Å². The van der Waals surface area contributed by atoms with Crippen LogP contribution in [0.25, 0.3) is 0 Å². The minimum atomic E-state index is 0.281. The second-order valence-corrected chi connectivity index (χ2v) is 4.58. The Morgan fingerprint density at radius 3 is 2.65 bits per heavy atom. The maximum atomic E-state index is 9.84. The highest BCUT2D eigenvalue weighted by Crippen LogP contribution is 2.25. The second kappa shape index (κ2) is 5.15. The molecule has 0 radical (unpaired) electrons. The fourth-order valence-corrected chi connectivity index (χ4v) is 1.87. The lowest BCUT2D eigenvalue weighted by Crippen LogP contribution is -1.84. The molecule has 0 bridgehead atoms. The fraction of sp³-hybridized carbons (Fsp3) is 0.0714. The van der Waals surface area contributed by atoms with Gasteiger partial charge in [-0.25, -0.2) is 0 Å². The first kappa shape index (κ1) is 11.9. The number of nitrogens with zero attached hydrogens (tertiary/aromatic N) is 1. The molecule has 2 aromatic rings. The average molecular weight is 290 g/mol. The number of aromatic hydroxyl groups is 1. The Balaban J connectivity index is 2.33. The van der Waals surface area contributed by atoms with E-state index < -0.39 is 0 Å². The molecule has 0 unspecified atom stereocenters. The number of rotatable bonds is 2. The molecule has 0 fully saturated rings. The van der Waals surface area contributed by atoms with E-state index in [2.05, 4.69) is 20.9 Å². The van der Waals surface area contributed by atoms with Gasteiger partial charge in [-0.05, 0) is 46.6 Å². The van der Waals surface area contributed by atoms with Crippen molar-refractivity contribution in [1.29, 1.82) is 0 Å². The Morgan fingerprint density at radius 2 is 1.88 bits per heavy atom. The number of halogens is 1. The summed E-state index contributed by atoms with van der Waals surface area (Å²) in [7, 11) is 0. The predicted molar refractivity (Wildman–Crippen MR) is 74.2 cm³/mol. The molecule has 0 saturated carbocycles. The van der Waals surface area contributed by atoms with E-state index in [1.807, 2.05) is 49.4 Å². The fourth-order valence-electron chi connectivity index (χ4n) is 1.48. The molecule has 0 aliphatic heterocycles. The number of phenols is 1. The summed E-state index contributed by atoms with van der Waals surface area (Å²) in [6, 6.07) is 13.3. The Kier molecular flexibility index (Phi) is 3.59. The zero-order valence-corrected chi connectivity index (χ0v) is 11.0. The van der Waals surface area contributed by atoms with Crippen molar-refractivity contribution in [2.45, 2.75) is 6.92 Å². The largest absolute Gasteiger partial charge is 0.507 e. The van der Waals surface area contributed by atoms with Crippen LogP contribution in [0.3, 0.4) is 0 Å². The third-order valence-corrected chi connectivity index (χ3v) is 3.13. The van der Waals surface area contributed by atoms with Crippen molar-refractivity contribution in [3.63, 3.8) is 0 Å². The molecule has 0 heterocycles. The number of phenolic OH excluding ortho intramolecular Hbond substituents is 1. The maximum absolute atomic E-state index is 9.84. The number of benzene rings is 2. The zero-order chi connectivity index (χ0) is 12.3. The highest BCUT2D eigenvalue weighted by atomic mass is 79.9. The summed E-state index contributed by atoms with van der Waals surface area (Å²) in [4.78, 5) is 4.35. The first-order valence-corrected chi connectivity index (χ1v) is 6.05. The van der Waals surface area contributed by atoms with Crippen molar-refractivity contribution >= 4 is 27.8 Å². The van der Waals surface area contributed by atoms with Gasteiger partial charge in [-0.1, -0.05) is 24.3 Å². The van der Waals surface area contributed by atoms with Gasteiger partial charge < -0.3 is 5.11 Å². The van der Waals surface area contributed by atoms with Crippen LogP contribution in [0.2, 0.25) is 0 Å². The van der Waals surface area contributed by atoms with Crippen molar-refractivity contribution in [3.05, 3.63) is 58.1 Å². The molecule has 0 aromatic heterocycles. The highest BCUT2D eigenvalue weighted by Gasteiger charge is 2.01. The van der Waals surface area contributed by atoms with Gasteiger partial charge in [0.2, 0.25) is 0 Å². The molecule has 0 atom stereocenters. The van der Waals surface area contributed by atoms with Crippen LogP contribution in [0.5, 0.6) is 5.75 Å². The van der Waals surface area contributed by atoms with Gasteiger partial charge in [0.05, 0.1) is 5.69 Å². The van der Waals surface area contributed by atoms with Gasteiger partial charge in [0.1, 0.15) is 5.75 Å². The van der Waals surface area contributed by atoms with Crippen LogP contribution in [0.1, 0.15) is 11.1 Å². The van der Waals surface area contributed by atoms with Crippen LogP contribution in [-0.4, -0.2) is 11.3 Å². The standard InChI is InChI=1S/C14H12BrNO/c1-10-5-4-6-11(14(10)17)9-16-13-8-3-2-7-12(13)15/h2-9,17H,1H3. The summed E-state index contributed by atoms with van der Waals surface area (Å²) in [5.74, 6) is 0.281. The minimum absolute atomic E-state index is 0.281. The van der Waals surface area contributed by atoms with Gasteiger partial charge in [-0.2, -0.15) is 0 Å². The summed E-state index contributed by atoms with van der Waals surface area (Å²) in [6.45, 7) is 1.87. The van der Waals surface area contributed by atoms with Crippen molar-refractivity contribution in [2.24, 2.45) is 4.99 Å². The van der Waals surface area contributed by atoms with E-state index in [-0.39, 0.29) is 5.75 Å². The first-order chi connectivity index (χ1) is 8.18. The molecule has 2 rings (SSSR count). The number of hydrogen-bond acceptors (Lipinski definition) is 2. The predicted octanol–water partition coefficient (Wildman–Crippen LogP) is 4.21. The Labute approximate surface area is 109 Å². The lowest BCUT2D eigenvalue weighted by molar-refractivity contribution is 0.470. The van der Waals surface area contributed by atoms with E-state index >= 15 is 0 Å². The van der Waals surface area contributed by atoms with Crippen molar-refractivity contribution in [1.82, 2.24) is 0 Å². The normalized spacial score (nSPS) is 10.9. The van der Waals surface area contributed by atoms with Gasteiger partial charge in [0, 0.05) is 16.3 Å². The molecule has 3 heteroatoms. The van der Waals surface area contributed by atoms with Crippen molar-refractivity contribution in [3.8, 4) is 5.75 Å². The molecular weight excluding hydrogens is 278 g/mol. The van der Waals surface area contributed by atoms with E-state index in [1.165, 1.54) is 0 Å². The molecule has 1 N–H and O–H groups in total. The average Bonchev–Trinajstić information content (AvgIpc) is 2.33. The van der Waals surface area contributed by atoms with Crippen LogP contribution in [-0.2, 0) is 0 Å².